The van der Waals surface area contributed by atoms with Crippen LogP contribution >= 0.6 is 0 Å². The number of likely N-dealkylation sites (tertiary alicyclic amines) is 1. The van der Waals surface area contributed by atoms with E-state index in [-0.39, 0.29) is 5.92 Å². The van der Waals surface area contributed by atoms with Crippen LogP contribution in [-0.4, -0.2) is 23.9 Å². The number of nitrogens with zero attached hydrogens (tertiary/aromatic N) is 1. The maximum absolute atomic E-state index is 13.0. The van der Waals surface area contributed by atoms with Crippen molar-refractivity contribution in [2.75, 3.05) is 13.1 Å². The van der Waals surface area contributed by atoms with E-state index in [9.17, 15) is 4.79 Å². The summed E-state index contributed by atoms with van der Waals surface area (Å²) in [5, 5.41) is 0. The molecule has 2 nitrogen and oxygen atoms in total. The first-order valence-electron chi connectivity index (χ1n) is 8.83. The molecule has 1 aromatic rings. The van der Waals surface area contributed by atoms with Crippen LogP contribution in [0, 0.1) is 17.8 Å². The Kier molecular flexibility index (Phi) is 3.77. The van der Waals surface area contributed by atoms with E-state index >= 15 is 0 Å². The fourth-order valence-electron chi connectivity index (χ4n) is 4.64. The molecule has 1 aromatic carbocycles. The molecule has 0 radical (unpaired) electrons. The molecule has 2 fully saturated rings. The minimum atomic E-state index is 0.268. The van der Waals surface area contributed by atoms with Gasteiger partial charge in [-0.2, -0.15) is 0 Å². The van der Waals surface area contributed by atoms with E-state index in [0.29, 0.717) is 23.7 Å². The van der Waals surface area contributed by atoms with E-state index in [2.05, 4.69) is 47.4 Å². The van der Waals surface area contributed by atoms with Gasteiger partial charge in [-0.05, 0) is 43.1 Å². The first-order chi connectivity index (χ1) is 10.8. The molecule has 4 atom stereocenters. The molecule has 0 aromatic heterocycles. The van der Waals surface area contributed by atoms with E-state index in [1.165, 1.54) is 24.8 Å². The maximum atomic E-state index is 13.0. The number of carbonyl (C=O) groups is 1. The minimum absolute atomic E-state index is 0.268. The summed E-state index contributed by atoms with van der Waals surface area (Å²) < 4.78 is 0. The van der Waals surface area contributed by atoms with Crippen molar-refractivity contribution in [1.82, 2.24) is 4.90 Å². The third kappa shape index (κ3) is 2.60. The highest BCUT2D eigenvalue weighted by Gasteiger charge is 2.41. The van der Waals surface area contributed by atoms with Crippen molar-refractivity contribution >= 4 is 5.91 Å². The van der Waals surface area contributed by atoms with Crippen molar-refractivity contribution in [3.63, 3.8) is 0 Å². The summed E-state index contributed by atoms with van der Waals surface area (Å²) in [5.41, 5.74) is 1.40. The molecule has 116 valence electrons. The zero-order valence-corrected chi connectivity index (χ0v) is 13.2. The highest BCUT2D eigenvalue weighted by Crippen LogP contribution is 2.44. The largest absolute Gasteiger partial charge is 0.342 e. The minimum Gasteiger partial charge on any atom is -0.342 e. The third-order valence-electron chi connectivity index (χ3n) is 5.85. The average molecular weight is 295 g/mol. The molecule has 4 unspecified atom stereocenters. The quantitative estimate of drug-likeness (QED) is 0.755. The Bertz CT molecular complexity index is 564. The van der Waals surface area contributed by atoms with Gasteiger partial charge in [0, 0.05) is 24.9 Å². The second-order valence-corrected chi connectivity index (χ2v) is 7.27. The molecule has 1 saturated heterocycles. The highest BCUT2D eigenvalue weighted by molar-refractivity contribution is 5.80. The van der Waals surface area contributed by atoms with E-state index in [0.717, 1.165) is 25.9 Å². The Hall–Kier alpha value is -1.57. The summed E-state index contributed by atoms with van der Waals surface area (Å²) in [6, 6.07) is 10.8. The SMILES string of the molecule is O=C(C1CC2C=CC1C2)N1CCCCC(c2ccccc2)C1. The molecule has 3 aliphatic rings. The van der Waals surface area contributed by atoms with Crippen molar-refractivity contribution in [3.8, 4) is 0 Å². The van der Waals surface area contributed by atoms with Crippen LogP contribution in [0.1, 0.15) is 43.6 Å². The maximum Gasteiger partial charge on any atom is 0.226 e. The van der Waals surface area contributed by atoms with E-state index in [4.69, 9.17) is 0 Å². The first kappa shape index (κ1) is 14.0. The van der Waals surface area contributed by atoms with Gasteiger partial charge in [0.25, 0.3) is 0 Å². The molecular weight excluding hydrogens is 270 g/mol. The number of benzene rings is 1. The Balaban J connectivity index is 1.49. The van der Waals surface area contributed by atoms with Crippen molar-refractivity contribution < 1.29 is 4.79 Å². The van der Waals surface area contributed by atoms with Gasteiger partial charge in [0.15, 0.2) is 0 Å². The summed E-state index contributed by atoms with van der Waals surface area (Å²) >= 11 is 0. The molecule has 4 rings (SSSR count). The second kappa shape index (κ2) is 5.91. The van der Waals surface area contributed by atoms with Gasteiger partial charge in [-0.15, -0.1) is 0 Å². The van der Waals surface area contributed by atoms with Gasteiger partial charge in [0.2, 0.25) is 5.91 Å². The van der Waals surface area contributed by atoms with Crippen LogP contribution in [0.2, 0.25) is 0 Å². The van der Waals surface area contributed by atoms with Gasteiger partial charge < -0.3 is 4.90 Å². The molecule has 0 spiro atoms. The van der Waals surface area contributed by atoms with Crippen molar-refractivity contribution in [1.29, 1.82) is 0 Å². The van der Waals surface area contributed by atoms with Crippen LogP contribution in [0.3, 0.4) is 0 Å². The molecule has 1 amide bonds. The Morgan fingerprint density at radius 2 is 1.91 bits per heavy atom. The van der Waals surface area contributed by atoms with Crippen LogP contribution in [0.25, 0.3) is 0 Å². The number of rotatable bonds is 2. The summed E-state index contributed by atoms with van der Waals surface area (Å²) in [6.07, 6.45) is 10.5. The van der Waals surface area contributed by atoms with E-state index in [1.807, 2.05) is 0 Å². The predicted molar refractivity (Wildman–Crippen MR) is 88.5 cm³/mol. The standard InChI is InChI=1S/C20H25NO/c22-20(19-13-15-9-10-17(19)12-15)21-11-5-4-8-18(14-21)16-6-2-1-3-7-16/h1-3,6-7,9-10,15,17-19H,4-5,8,11-14H2. The fraction of sp³-hybridized carbons (Fsp3) is 0.550. The second-order valence-electron chi connectivity index (χ2n) is 7.27. The molecule has 2 aliphatic carbocycles. The predicted octanol–water partition coefficient (Wildman–Crippen LogP) is 3.99. The molecule has 1 saturated carbocycles. The van der Waals surface area contributed by atoms with Crippen LogP contribution in [0.15, 0.2) is 42.5 Å². The number of carbonyl (C=O) groups excluding carboxylic acids is 1. The van der Waals surface area contributed by atoms with Crippen LogP contribution in [-0.2, 0) is 4.79 Å². The zero-order valence-electron chi connectivity index (χ0n) is 13.2. The number of hydrogen-bond donors (Lipinski definition) is 0. The summed E-state index contributed by atoms with van der Waals surface area (Å²) in [7, 11) is 0. The normalized spacial score (nSPS) is 33.9. The van der Waals surface area contributed by atoms with Gasteiger partial charge in [-0.25, -0.2) is 0 Å². The van der Waals surface area contributed by atoms with E-state index < -0.39 is 0 Å². The summed E-state index contributed by atoms with van der Waals surface area (Å²) in [5.74, 6) is 2.41. The monoisotopic (exact) mass is 295 g/mol. The van der Waals surface area contributed by atoms with Crippen LogP contribution in [0.5, 0.6) is 0 Å². The lowest BCUT2D eigenvalue weighted by molar-refractivity contribution is -0.136. The fourth-order valence-corrected chi connectivity index (χ4v) is 4.64. The topological polar surface area (TPSA) is 20.3 Å². The lowest BCUT2D eigenvalue weighted by atomic mass is 9.91. The van der Waals surface area contributed by atoms with Crippen molar-refractivity contribution in [2.24, 2.45) is 17.8 Å². The van der Waals surface area contributed by atoms with Gasteiger partial charge >= 0.3 is 0 Å². The number of allylic oxidation sites excluding steroid dienone is 2. The lowest BCUT2D eigenvalue weighted by Crippen LogP contribution is -2.39. The summed E-state index contributed by atoms with van der Waals surface area (Å²) in [4.78, 5) is 15.2. The number of hydrogen-bond acceptors (Lipinski definition) is 1. The Labute approximate surface area is 133 Å². The number of fused-ring (bicyclic) bond motifs is 2. The van der Waals surface area contributed by atoms with Gasteiger partial charge in [-0.3, -0.25) is 4.79 Å². The van der Waals surface area contributed by atoms with Gasteiger partial charge in [-0.1, -0.05) is 48.9 Å². The smallest absolute Gasteiger partial charge is 0.226 e. The number of amides is 1. The van der Waals surface area contributed by atoms with Gasteiger partial charge in [0.05, 0.1) is 0 Å². The first-order valence-corrected chi connectivity index (χ1v) is 8.83. The third-order valence-corrected chi connectivity index (χ3v) is 5.85. The van der Waals surface area contributed by atoms with Gasteiger partial charge in [0.1, 0.15) is 0 Å². The molecule has 2 heteroatoms. The molecule has 1 aliphatic heterocycles. The zero-order chi connectivity index (χ0) is 14.9. The Morgan fingerprint density at radius 1 is 1.05 bits per heavy atom. The van der Waals surface area contributed by atoms with Crippen molar-refractivity contribution in [2.45, 2.75) is 38.0 Å². The average Bonchev–Trinajstić information content (AvgIpc) is 3.11. The molecule has 1 heterocycles. The van der Waals surface area contributed by atoms with Crippen LogP contribution in [0.4, 0.5) is 0 Å². The molecular formula is C20H25NO. The Morgan fingerprint density at radius 3 is 2.64 bits per heavy atom. The molecule has 2 bridgehead atoms. The van der Waals surface area contributed by atoms with Crippen molar-refractivity contribution in [3.05, 3.63) is 48.0 Å². The lowest BCUT2D eigenvalue weighted by Gasteiger charge is -2.29. The molecule has 22 heavy (non-hydrogen) atoms. The van der Waals surface area contributed by atoms with E-state index in [1.54, 1.807) is 0 Å². The molecule has 0 N–H and O–H groups in total. The highest BCUT2D eigenvalue weighted by atomic mass is 16.2. The van der Waals surface area contributed by atoms with Crippen LogP contribution < -0.4 is 0 Å². The summed E-state index contributed by atoms with van der Waals surface area (Å²) in [6.45, 7) is 1.88.